The molecule has 130 valence electrons. The minimum atomic E-state index is -0.208. The molecule has 2 heterocycles. The van der Waals surface area contributed by atoms with Gasteiger partial charge >= 0.3 is 0 Å². The fourth-order valence-corrected chi connectivity index (χ4v) is 2.86. The molecule has 2 aromatic heterocycles. The maximum absolute atomic E-state index is 13.2. The molecule has 4 nitrogen and oxygen atoms in total. The molecule has 0 spiro atoms. The van der Waals surface area contributed by atoms with Crippen molar-refractivity contribution in [2.45, 2.75) is 39.9 Å². The number of nitrogens with zero attached hydrogens (tertiary/aromatic N) is 3. The molecule has 0 aliphatic carbocycles. The highest BCUT2D eigenvalue weighted by Gasteiger charge is 2.13. The highest BCUT2D eigenvalue weighted by molar-refractivity contribution is 5.18. The van der Waals surface area contributed by atoms with Crippen LogP contribution in [0.2, 0.25) is 0 Å². The fraction of sp³-hybridized carbons (Fsp3) is 0.300. The van der Waals surface area contributed by atoms with E-state index in [0.29, 0.717) is 0 Å². The van der Waals surface area contributed by atoms with Gasteiger partial charge in [-0.25, -0.2) is 9.37 Å². The zero-order valence-electron chi connectivity index (χ0n) is 14.7. The first kappa shape index (κ1) is 17.3. The molecule has 0 aliphatic rings. The number of hydrogen-bond donors (Lipinski definition) is 1. The van der Waals surface area contributed by atoms with Crippen LogP contribution < -0.4 is 0 Å². The van der Waals surface area contributed by atoms with Crippen LogP contribution in [0.1, 0.15) is 35.3 Å². The molecule has 0 saturated heterocycles. The number of aromatic nitrogens is 3. The van der Waals surface area contributed by atoms with Crippen LogP contribution in [0.15, 0.2) is 48.8 Å². The first-order valence-corrected chi connectivity index (χ1v) is 8.54. The van der Waals surface area contributed by atoms with E-state index in [-0.39, 0.29) is 5.82 Å². The minimum absolute atomic E-state index is 0.208. The SMILES string of the molecule is CCc1nc(CN(Cc2ccncc2)Cc2ccc(F)cc2)c(C)[nH]1. The van der Waals surface area contributed by atoms with E-state index in [0.717, 1.165) is 48.8 Å². The monoisotopic (exact) mass is 338 g/mol. The van der Waals surface area contributed by atoms with Crippen molar-refractivity contribution in [3.05, 3.63) is 82.9 Å². The molecule has 1 aromatic carbocycles. The number of benzene rings is 1. The van der Waals surface area contributed by atoms with Crippen LogP contribution in [-0.4, -0.2) is 19.9 Å². The van der Waals surface area contributed by atoms with Crippen LogP contribution >= 0.6 is 0 Å². The molecule has 0 bridgehead atoms. The second-order valence-electron chi connectivity index (χ2n) is 6.24. The molecule has 0 unspecified atom stereocenters. The largest absolute Gasteiger partial charge is 0.346 e. The Morgan fingerprint density at radius 1 is 0.960 bits per heavy atom. The topological polar surface area (TPSA) is 44.8 Å². The number of rotatable bonds is 7. The summed E-state index contributed by atoms with van der Waals surface area (Å²) in [7, 11) is 0. The smallest absolute Gasteiger partial charge is 0.123 e. The molecule has 0 radical (unpaired) electrons. The third kappa shape index (κ3) is 4.73. The molecular formula is C20H23FN4. The van der Waals surface area contributed by atoms with Crippen molar-refractivity contribution < 1.29 is 4.39 Å². The molecule has 0 amide bonds. The molecule has 3 rings (SSSR count). The standard InChI is InChI=1S/C20H23FN4/c1-3-20-23-15(2)19(24-20)14-25(13-17-8-10-22-11-9-17)12-16-4-6-18(21)7-5-16/h4-11H,3,12-14H2,1-2H3,(H,23,24). The number of hydrogen-bond acceptors (Lipinski definition) is 3. The summed E-state index contributed by atoms with van der Waals surface area (Å²) >= 11 is 0. The van der Waals surface area contributed by atoms with Gasteiger partial charge in [0, 0.05) is 44.1 Å². The van der Waals surface area contributed by atoms with Crippen LogP contribution in [-0.2, 0) is 26.1 Å². The van der Waals surface area contributed by atoms with E-state index in [9.17, 15) is 4.39 Å². The van der Waals surface area contributed by atoms with Gasteiger partial charge in [-0.1, -0.05) is 19.1 Å². The lowest BCUT2D eigenvalue weighted by molar-refractivity contribution is 0.244. The van der Waals surface area contributed by atoms with Crippen LogP contribution in [0.3, 0.4) is 0 Å². The summed E-state index contributed by atoms with van der Waals surface area (Å²) in [4.78, 5) is 14.4. The predicted molar refractivity (Wildman–Crippen MR) is 96.3 cm³/mol. The summed E-state index contributed by atoms with van der Waals surface area (Å²) in [6.07, 6.45) is 4.50. The van der Waals surface area contributed by atoms with Gasteiger partial charge in [-0.05, 0) is 42.3 Å². The molecule has 1 N–H and O–H groups in total. The van der Waals surface area contributed by atoms with Crippen molar-refractivity contribution >= 4 is 0 Å². The van der Waals surface area contributed by atoms with Crippen molar-refractivity contribution in [1.29, 1.82) is 0 Å². The lowest BCUT2D eigenvalue weighted by atomic mass is 10.1. The summed E-state index contributed by atoms with van der Waals surface area (Å²) in [6.45, 7) is 6.41. The molecule has 0 fully saturated rings. The first-order chi connectivity index (χ1) is 12.1. The average Bonchev–Trinajstić information content (AvgIpc) is 2.98. The normalized spacial score (nSPS) is 11.2. The van der Waals surface area contributed by atoms with Gasteiger partial charge in [-0.15, -0.1) is 0 Å². The van der Waals surface area contributed by atoms with Crippen LogP contribution in [0.5, 0.6) is 0 Å². The Kier molecular flexibility index (Phi) is 5.56. The van der Waals surface area contributed by atoms with Gasteiger partial charge < -0.3 is 4.98 Å². The highest BCUT2D eigenvalue weighted by Crippen LogP contribution is 2.16. The Balaban J connectivity index is 1.80. The first-order valence-electron chi connectivity index (χ1n) is 8.54. The van der Waals surface area contributed by atoms with Gasteiger partial charge in [0.05, 0.1) is 5.69 Å². The fourth-order valence-electron chi connectivity index (χ4n) is 2.86. The van der Waals surface area contributed by atoms with E-state index in [1.807, 2.05) is 24.3 Å². The third-order valence-corrected chi connectivity index (χ3v) is 4.22. The van der Waals surface area contributed by atoms with Gasteiger partial charge in [-0.3, -0.25) is 9.88 Å². The number of aryl methyl sites for hydroxylation is 2. The molecule has 0 saturated carbocycles. The van der Waals surface area contributed by atoms with Crippen molar-refractivity contribution in [3.63, 3.8) is 0 Å². The van der Waals surface area contributed by atoms with Gasteiger partial charge in [-0.2, -0.15) is 0 Å². The number of nitrogens with one attached hydrogen (secondary N) is 1. The molecule has 5 heteroatoms. The molecule has 3 aromatic rings. The Bertz CT molecular complexity index is 796. The summed E-state index contributed by atoms with van der Waals surface area (Å²) in [5.74, 6) is 0.804. The van der Waals surface area contributed by atoms with E-state index >= 15 is 0 Å². The van der Waals surface area contributed by atoms with Gasteiger partial charge in [0.2, 0.25) is 0 Å². The van der Waals surface area contributed by atoms with E-state index in [1.165, 1.54) is 17.7 Å². The predicted octanol–water partition coefficient (Wildman–Crippen LogP) is 4.02. The highest BCUT2D eigenvalue weighted by atomic mass is 19.1. The number of imidazole rings is 1. The average molecular weight is 338 g/mol. The van der Waals surface area contributed by atoms with E-state index in [1.54, 1.807) is 12.4 Å². The van der Waals surface area contributed by atoms with Crippen molar-refractivity contribution in [1.82, 2.24) is 19.9 Å². The number of halogens is 1. The summed E-state index contributed by atoms with van der Waals surface area (Å²) in [5.41, 5.74) is 4.45. The van der Waals surface area contributed by atoms with Crippen molar-refractivity contribution in [2.75, 3.05) is 0 Å². The summed E-state index contributed by atoms with van der Waals surface area (Å²) < 4.78 is 13.2. The van der Waals surface area contributed by atoms with Gasteiger partial charge in [0.1, 0.15) is 11.6 Å². The second-order valence-corrected chi connectivity index (χ2v) is 6.24. The molecule has 25 heavy (non-hydrogen) atoms. The summed E-state index contributed by atoms with van der Waals surface area (Å²) in [6, 6.07) is 10.7. The van der Waals surface area contributed by atoms with Gasteiger partial charge in [0.15, 0.2) is 0 Å². The van der Waals surface area contributed by atoms with Gasteiger partial charge in [0.25, 0.3) is 0 Å². The Labute approximate surface area is 147 Å². The molecular weight excluding hydrogens is 315 g/mol. The van der Waals surface area contributed by atoms with Crippen LogP contribution in [0, 0.1) is 12.7 Å². The maximum atomic E-state index is 13.2. The van der Waals surface area contributed by atoms with E-state index in [4.69, 9.17) is 4.98 Å². The molecule has 0 aliphatic heterocycles. The maximum Gasteiger partial charge on any atom is 0.123 e. The van der Waals surface area contributed by atoms with Crippen LogP contribution in [0.25, 0.3) is 0 Å². The Morgan fingerprint density at radius 3 is 2.20 bits per heavy atom. The van der Waals surface area contributed by atoms with E-state index in [2.05, 4.69) is 28.7 Å². The zero-order valence-corrected chi connectivity index (χ0v) is 14.7. The number of aromatic amines is 1. The Morgan fingerprint density at radius 2 is 1.60 bits per heavy atom. The van der Waals surface area contributed by atoms with Crippen LogP contribution in [0.4, 0.5) is 4.39 Å². The quantitative estimate of drug-likeness (QED) is 0.708. The van der Waals surface area contributed by atoms with E-state index < -0.39 is 0 Å². The number of H-pyrrole nitrogens is 1. The zero-order chi connectivity index (χ0) is 17.6. The minimum Gasteiger partial charge on any atom is -0.346 e. The second kappa shape index (κ2) is 8.03. The van der Waals surface area contributed by atoms with Crippen molar-refractivity contribution in [2.24, 2.45) is 0 Å². The summed E-state index contributed by atoms with van der Waals surface area (Å²) in [5, 5.41) is 0. The lowest BCUT2D eigenvalue weighted by Crippen LogP contribution is -2.23. The lowest BCUT2D eigenvalue weighted by Gasteiger charge is -2.22. The van der Waals surface area contributed by atoms with Crippen molar-refractivity contribution in [3.8, 4) is 0 Å². The third-order valence-electron chi connectivity index (χ3n) is 4.22. The Hall–Kier alpha value is -2.53. The number of pyridine rings is 1. The molecule has 0 atom stereocenters.